The number of carbonyl (C=O) groups is 2. The number of amides is 2. The monoisotopic (exact) mass is 323 g/mol. The highest BCUT2D eigenvalue weighted by molar-refractivity contribution is 5.99. The molecule has 0 spiro atoms. The third-order valence-corrected chi connectivity index (χ3v) is 4.07. The number of hydrogen-bond acceptors (Lipinski definition) is 5. The van der Waals surface area contributed by atoms with Gasteiger partial charge >= 0.3 is 12.0 Å². The predicted octanol–water partition coefficient (Wildman–Crippen LogP) is 1.06. The number of aryl methyl sites for hydroxylation is 1. The number of piperazine rings is 1. The number of aromatic nitrogens is 2. The maximum atomic E-state index is 12.5. The van der Waals surface area contributed by atoms with Gasteiger partial charge in [0.1, 0.15) is 0 Å². The van der Waals surface area contributed by atoms with Gasteiger partial charge in [0.15, 0.2) is 5.69 Å². The fourth-order valence-electron chi connectivity index (χ4n) is 2.58. The molecular formula is C15H25N5O3. The summed E-state index contributed by atoms with van der Waals surface area (Å²) in [6, 6.07) is -0.0186. The van der Waals surface area contributed by atoms with E-state index < -0.39 is 5.97 Å². The highest BCUT2D eigenvalue weighted by Crippen LogP contribution is 2.22. The third kappa shape index (κ3) is 3.82. The van der Waals surface area contributed by atoms with Crippen LogP contribution in [0.4, 0.5) is 10.5 Å². The van der Waals surface area contributed by atoms with E-state index in [9.17, 15) is 9.59 Å². The molecule has 1 saturated heterocycles. The second kappa shape index (κ2) is 6.57. The van der Waals surface area contributed by atoms with Crippen molar-refractivity contribution in [3.05, 3.63) is 11.9 Å². The number of ether oxygens (including phenoxy) is 1. The van der Waals surface area contributed by atoms with E-state index in [1.54, 1.807) is 11.9 Å². The van der Waals surface area contributed by atoms with Crippen LogP contribution >= 0.6 is 0 Å². The number of rotatable bonds is 2. The first kappa shape index (κ1) is 17.3. The van der Waals surface area contributed by atoms with Crippen LogP contribution in [0.2, 0.25) is 0 Å². The minimum atomic E-state index is -0.534. The van der Waals surface area contributed by atoms with Crippen LogP contribution in [-0.2, 0) is 11.8 Å². The Bertz CT molecular complexity index is 590. The van der Waals surface area contributed by atoms with Gasteiger partial charge in [0.05, 0.1) is 19.0 Å². The lowest BCUT2D eigenvalue weighted by Gasteiger charge is -2.40. The highest BCUT2D eigenvalue weighted by Gasteiger charge is 2.31. The maximum Gasteiger partial charge on any atom is 0.358 e. The average molecular weight is 323 g/mol. The third-order valence-electron chi connectivity index (χ3n) is 4.07. The Morgan fingerprint density at radius 3 is 2.74 bits per heavy atom. The Labute approximate surface area is 136 Å². The topological polar surface area (TPSA) is 88.5 Å². The Balaban J connectivity index is 2.09. The average Bonchev–Trinajstić information content (AvgIpc) is 2.86. The molecule has 0 aromatic carbocycles. The second-order valence-electron chi connectivity index (χ2n) is 6.77. The van der Waals surface area contributed by atoms with E-state index >= 15 is 0 Å². The van der Waals surface area contributed by atoms with E-state index in [1.165, 1.54) is 18.0 Å². The summed E-state index contributed by atoms with van der Waals surface area (Å²) >= 11 is 0. The lowest BCUT2D eigenvalue weighted by molar-refractivity contribution is 0.0589. The minimum absolute atomic E-state index is 0.0599. The van der Waals surface area contributed by atoms with Crippen molar-refractivity contribution in [2.24, 2.45) is 12.5 Å². The Kier molecular flexibility index (Phi) is 4.93. The van der Waals surface area contributed by atoms with Crippen molar-refractivity contribution in [1.29, 1.82) is 0 Å². The number of nitrogens with one attached hydrogen (secondary N) is 2. The van der Waals surface area contributed by atoms with Crippen molar-refractivity contribution in [1.82, 2.24) is 20.0 Å². The summed E-state index contributed by atoms with van der Waals surface area (Å²) in [5, 5.41) is 10.2. The normalized spacial score (nSPS) is 18.7. The molecule has 1 aliphatic rings. The molecule has 1 aromatic rings. The number of nitrogens with zero attached hydrogens (tertiary/aromatic N) is 3. The summed E-state index contributed by atoms with van der Waals surface area (Å²) in [7, 11) is 2.92. The second-order valence-corrected chi connectivity index (χ2v) is 6.77. The molecule has 128 valence electrons. The minimum Gasteiger partial charge on any atom is -0.464 e. The highest BCUT2D eigenvalue weighted by atomic mass is 16.5. The molecule has 2 heterocycles. The van der Waals surface area contributed by atoms with Gasteiger partial charge in [0.25, 0.3) is 0 Å². The van der Waals surface area contributed by atoms with Crippen LogP contribution < -0.4 is 10.6 Å². The predicted molar refractivity (Wildman–Crippen MR) is 86.4 cm³/mol. The summed E-state index contributed by atoms with van der Waals surface area (Å²) in [5.74, 6) is -0.534. The quantitative estimate of drug-likeness (QED) is 0.795. The van der Waals surface area contributed by atoms with E-state index in [-0.39, 0.29) is 23.2 Å². The molecule has 2 rings (SSSR count). The van der Waals surface area contributed by atoms with Crippen molar-refractivity contribution < 1.29 is 14.3 Å². The lowest BCUT2D eigenvalue weighted by atomic mass is 9.85. The Morgan fingerprint density at radius 2 is 2.13 bits per heavy atom. The molecule has 1 aliphatic heterocycles. The molecule has 0 bridgehead atoms. The standard InChI is InChI=1S/C15H25N5O3/c1-15(2,3)11-9-20(7-6-16-11)14(22)18-10-8-17-19(4)12(10)13(21)23-5/h8,11,16H,6-7,9H2,1-5H3,(H,18,22). The van der Waals surface area contributed by atoms with Crippen LogP contribution in [0.3, 0.4) is 0 Å². The van der Waals surface area contributed by atoms with Gasteiger partial charge in [-0.15, -0.1) is 0 Å². The van der Waals surface area contributed by atoms with E-state index in [1.807, 2.05) is 0 Å². The van der Waals surface area contributed by atoms with Crippen molar-refractivity contribution >= 4 is 17.7 Å². The van der Waals surface area contributed by atoms with Crippen LogP contribution in [-0.4, -0.2) is 59.5 Å². The molecular weight excluding hydrogens is 298 g/mol. The number of hydrogen-bond donors (Lipinski definition) is 2. The first-order valence-corrected chi connectivity index (χ1v) is 7.63. The molecule has 2 N–H and O–H groups in total. The number of carbonyl (C=O) groups excluding carboxylic acids is 2. The summed E-state index contributed by atoms with van der Waals surface area (Å²) in [4.78, 5) is 26.1. The SMILES string of the molecule is COC(=O)c1c(NC(=O)N2CCNC(C(C)(C)C)C2)cnn1C. The molecule has 8 heteroatoms. The van der Waals surface area contributed by atoms with Crippen LogP contribution in [0, 0.1) is 5.41 Å². The summed E-state index contributed by atoms with van der Waals surface area (Å²) in [6.45, 7) is 8.40. The van der Waals surface area contributed by atoms with Gasteiger partial charge in [-0.1, -0.05) is 20.8 Å². The van der Waals surface area contributed by atoms with Crippen molar-refractivity contribution in [2.45, 2.75) is 26.8 Å². The van der Waals surface area contributed by atoms with Gasteiger partial charge < -0.3 is 20.3 Å². The molecule has 0 radical (unpaired) electrons. The summed E-state index contributed by atoms with van der Waals surface area (Å²) < 4.78 is 6.12. The first-order valence-electron chi connectivity index (χ1n) is 7.63. The van der Waals surface area contributed by atoms with Gasteiger partial charge in [-0.25, -0.2) is 9.59 Å². The van der Waals surface area contributed by atoms with E-state index in [4.69, 9.17) is 4.74 Å². The molecule has 0 aliphatic carbocycles. The fraction of sp³-hybridized carbons (Fsp3) is 0.667. The Hall–Kier alpha value is -2.09. The molecule has 1 unspecified atom stereocenters. The number of esters is 1. The first-order chi connectivity index (χ1) is 10.7. The van der Waals surface area contributed by atoms with Gasteiger partial charge in [-0.05, 0) is 5.41 Å². The van der Waals surface area contributed by atoms with E-state index in [2.05, 4.69) is 36.5 Å². The molecule has 1 atom stereocenters. The van der Waals surface area contributed by atoms with Gasteiger partial charge in [0, 0.05) is 32.7 Å². The van der Waals surface area contributed by atoms with E-state index in [0.29, 0.717) is 18.8 Å². The zero-order valence-corrected chi connectivity index (χ0v) is 14.3. The zero-order valence-electron chi connectivity index (χ0n) is 14.3. The van der Waals surface area contributed by atoms with E-state index in [0.717, 1.165) is 6.54 Å². The smallest absolute Gasteiger partial charge is 0.358 e. The van der Waals surface area contributed by atoms with Crippen molar-refractivity contribution in [2.75, 3.05) is 32.1 Å². The van der Waals surface area contributed by atoms with Crippen LogP contribution in [0.15, 0.2) is 6.20 Å². The van der Waals surface area contributed by atoms with Gasteiger partial charge in [-0.2, -0.15) is 5.10 Å². The molecule has 1 fully saturated rings. The zero-order chi connectivity index (χ0) is 17.2. The van der Waals surface area contributed by atoms with Gasteiger partial charge in [-0.3, -0.25) is 4.68 Å². The maximum absolute atomic E-state index is 12.5. The van der Waals surface area contributed by atoms with Crippen molar-refractivity contribution in [3.8, 4) is 0 Å². The largest absolute Gasteiger partial charge is 0.464 e. The number of urea groups is 1. The van der Waals surface area contributed by atoms with Crippen molar-refractivity contribution in [3.63, 3.8) is 0 Å². The van der Waals surface area contributed by atoms with Gasteiger partial charge in [0.2, 0.25) is 0 Å². The molecule has 2 amide bonds. The molecule has 8 nitrogen and oxygen atoms in total. The number of anilines is 1. The van der Waals surface area contributed by atoms with Crippen LogP contribution in [0.25, 0.3) is 0 Å². The van der Waals surface area contributed by atoms with Crippen LogP contribution in [0.1, 0.15) is 31.3 Å². The molecule has 23 heavy (non-hydrogen) atoms. The summed E-state index contributed by atoms with van der Waals surface area (Å²) in [6.07, 6.45) is 1.45. The molecule has 0 saturated carbocycles. The van der Waals surface area contributed by atoms with Crippen LogP contribution in [0.5, 0.6) is 0 Å². The Morgan fingerprint density at radius 1 is 1.43 bits per heavy atom. The fourth-order valence-corrected chi connectivity index (χ4v) is 2.58. The molecule has 1 aromatic heterocycles. The lowest BCUT2D eigenvalue weighted by Crippen LogP contribution is -2.57. The number of methoxy groups -OCH3 is 1. The summed E-state index contributed by atoms with van der Waals surface area (Å²) in [5.41, 5.74) is 0.642.